The van der Waals surface area contributed by atoms with Gasteiger partial charge in [0.2, 0.25) is 9.84 Å². The van der Waals surface area contributed by atoms with Gasteiger partial charge in [-0.2, -0.15) is 18.3 Å². The van der Waals surface area contributed by atoms with E-state index in [1.807, 2.05) is 0 Å². The van der Waals surface area contributed by atoms with Gasteiger partial charge in [0.05, 0.1) is 20.7 Å². The predicted molar refractivity (Wildman–Crippen MR) is 105 cm³/mol. The van der Waals surface area contributed by atoms with Gasteiger partial charge in [0.1, 0.15) is 11.6 Å². The summed E-state index contributed by atoms with van der Waals surface area (Å²) in [5.41, 5.74) is -1.20. The van der Waals surface area contributed by atoms with E-state index in [-0.39, 0.29) is 32.2 Å². The van der Waals surface area contributed by atoms with Crippen LogP contribution in [0.4, 0.5) is 23.4 Å². The molecule has 12 heteroatoms. The lowest BCUT2D eigenvalue weighted by Gasteiger charge is -2.09. The Hall–Kier alpha value is -3.80. The van der Waals surface area contributed by atoms with Crippen LogP contribution in [0.25, 0.3) is 11.0 Å². The van der Waals surface area contributed by atoms with Crippen LogP contribution in [0, 0.1) is 5.82 Å². The summed E-state index contributed by atoms with van der Waals surface area (Å²) in [5.74, 6) is -1.68. The molecule has 164 valence electrons. The highest BCUT2D eigenvalue weighted by atomic mass is 32.2. The number of fused-ring (bicyclic) bond motifs is 1. The average molecular weight is 464 g/mol. The molecule has 0 spiro atoms. The van der Waals surface area contributed by atoms with E-state index in [1.165, 1.54) is 24.3 Å². The summed E-state index contributed by atoms with van der Waals surface area (Å²) in [4.78, 5) is 15.8. The number of halogens is 4. The van der Waals surface area contributed by atoms with Gasteiger partial charge in [-0.15, -0.1) is 0 Å². The topological polar surface area (TPSA) is 105 Å². The predicted octanol–water partition coefficient (Wildman–Crippen LogP) is 4.20. The summed E-state index contributed by atoms with van der Waals surface area (Å²) in [7, 11) is -4.13. The quantitative estimate of drug-likeness (QED) is 0.441. The van der Waals surface area contributed by atoms with Crippen LogP contribution in [-0.2, 0) is 16.0 Å². The van der Waals surface area contributed by atoms with Crippen LogP contribution in [0.2, 0.25) is 0 Å². The fraction of sp³-hybridized carbons (Fsp3) is 0.0500. The Balaban J connectivity index is 1.69. The number of benzene rings is 2. The monoisotopic (exact) mass is 464 g/mol. The summed E-state index contributed by atoms with van der Waals surface area (Å²) >= 11 is 0. The fourth-order valence-electron chi connectivity index (χ4n) is 2.92. The van der Waals surface area contributed by atoms with Gasteiger partial charge in [-0.25, -0.2) is 17.8 Å². The van der Waals surface area contributed by atoms with Gasteiger partial charge < -0.3 is 5.32 Å². The molecule has 0 unspecified atom stereocenters. The fourth-order valence-corrected chi connectivity index (χ4v) is 4.18. The number of carbonyl (C=O) groups is 1. The van der Waals surface area contributed by atoms with Crippen LogP contribution >= 0.6 is 0 Å². The van der Waals surface area contributed by atoms with Crippen LogP contribution in [0.1, 0.15) is 15.9 Å². The van der Waals surface area contributed by atoms with E-state index in [2.05, 4.69) is 20.5 Å². The van der Waals surface area contributed by atoms with E-state index in [0.717, 1.165) is 30.5 Å². The first-order chi connectivity index (χ1) is 15.1. The molecule has 2 aromatic heterocycles. The molecule has 32 heavy (non-hydrogen) atoms. The Bertz CT molecular complexity index is 1450. The molecule has 0 saturated heterocycles. The second-order valence-corrected chi connectivity index (χ2v) is 8.58. The van der Waals surface area contributed by atoms with Gasteiger partial charge in [0.25, 0.3) is 5.91 Å². The molecule has 0 bridgehead atoms. The first kappa shape index (κ1) is 21.4. The summed E-state index contributed by atoms with van der Waals surface area (Å²) in [6, 6.07) is 9.38. The van der Waals surface area contributed by atoms with Crippen LogP contribution in [0.5, 0.6) is 0 Å². The number of aromatic nitrogens is 3. The number of pyridine rings is 1. The van der Waals surface area contributed by atoms with E-state index >= 15 is 0 Å². The molecule has 2 N–H and O–H groups in total. The van der Waals surface area contributed by atoms with Crippen molar-refractivity contribution < 1.29 is 30.8 Å². The van der Waals surface area contributed by atoms with Crippen molar-refractivity contribution >= 4 is 32.6 Å². The summed E-state index contributed by atoms with van der Waals surface area (Å²) in [6.07, 6.45) is -3.59. The number of sulfone groups is 1. The maximum absolute atomic E-state index is 13.5. The third-order valence-electron chi connectivity index (χ3n) is 4.49. The summed E-state index contributed by atoms with van der Waals surface area (Å²) in [5, 5.41) is 8.78. The lowest BCUT2D eigenvalue weighted by Crippen LogP contribution is -2.14. The molecule has 0 saturated carbocycles. The minimum atomic E-state index is -4.62. The molecule has 0 fully saturated rings. The molecular formula is C20H12F4N4O3S. The van der Waals surface area contributed by atoms with E-state index < -0.39 is 33.3 Å². The number of nitrogens with zero attached hydrogens (tertiary/aromatic N) is 2. The van der Waals surface area contributed by atoms with E-state index in [9.17, 15) is 30.8 Å². The molecule has 4 rings (SSSR count). The summed E-state index contributed by atoms with van der Waals surface area (Å²) < 4.78 is 77.8. The first-order valence-electron chi connectivity index (χ1n) is 8.89. The molecule has 0 radical (unpaired) electrons. The Morgan fingerprint density at radius 2 is 1.75 bits per heavy atom. The number of hydrogen-bond donors (Lipinski definition) is 2. The zero-order chi connectivity index (χ0) is 23.1. The normalized spacial score (nSPS) is 12.1. The van der Waals surface area contributed by atoms with Crippen molar-refractivity contribution in [2.45, 2.75) is 16.0 Å². The van der Waals surface area contributed by atoms with E-state index in [4.69, 9.17) is 0 Å². The van der Waals surface area contributed by atoms with Gasteiger partial charge in [-0.05, 0) is 42.5 Å². The molecule has 0 aliphatic carbocycles. The summed E-state index contributed by atoms with van der Waals surface area (Å²) in [6.45, 7) is 0. The van der Waals surface area contributed by atoms with Crippen LogP contribution in [0.15, 0.2) is 70.6 Å². The van der Waals surface area contributed by atoms with Crippen LogP contribution in [-0.4, -0.2) is 29.5 Å². The number of aromatic amines is 1. The molecule has 7 nitrogen and oxygen atoms in total. The molecule has 0 aliphatic heterocycles. The number of alkyl halides is 3. The number of amides is 1. The number of carbonyl (C=O) groups excluding carboxylic acids is 1. The lowest BCUT2D eigenvalue weighted by molar-refractivity contribution is -0.137. The van der Waals surface area contributed by atoms with Crippen molar-refractivity contribution in [3.63, 3.8) is 0 Å². The number of nitrogens with one attached hydrogen (secondary N) is 2. The van der Waals surface area contributed by atoms with Crippen molar-refractivity contribution in [2.75, 3.05) is 5.32 Å². The smallest absolute Gasteiger partial charge is 0.306 e. The van der Waals surface area contributed by atoms with Gasteiger partial charge >= 0.3 is 6.18 Å². The SMILES string of the molecule is O=C(Nc1[nH]nc2ncc(S(=O)(=O)c3cccc(F)c3)cc12)c1cccc(C(F)(F)F)c1. The number of hydrogen-bond acceptors (Lipinski definition) is 5. The molecule has 2 heterocycles. The van der Waals surface area contributed by atoms with Crippen molar-refractivity contribution in [2.24, 2.45) is 0 Å². The second kappa shape index (κ2) is 7.71. The lowest BCUT2D eigenvalue weighted by atomic mass is 10.1. The highest BCUT2D eigenvalue weighted by Crippen LogP contribution is 2.30. The van der Waals surface area contributed by atoms with Crippen molar-refractivity contribution in [3.8, 4) is 0 Å². The standard InChI is InChI=1S/C20H12F4N4O3S/c21-13-5-2-6-14(8-13)32(30,31)15-9-16-17(25-10-15)27-28-18(16)26-19(29)11-3-1-4-12(7-11)20(22,23)24/h1-10H,(H2,25,26,27,28,29). The highest BCUT2D eigenvalue weighted by Gasteiger charge is 2.31. The number of anilines is 1. The molecule has 0 aliphatic rings. The average Bonchev–Trinajstić information content (AvgIpc) is 3.15. The van der Waals surface area contributed by atoms with Gasteiger partial charge in [0, 0.05) is 11.8 Å². The third-order valence-corrected chi connectivity index (χ3v) is 6.21. The molecule has 1 amide bonds. The minimum Gasteiger partial charge on any atom is -0.306 e. The second-order valence-electron chi connectivity index (χ2n) is 6.63. The van der Waals surface area contributed by atoms with E-state index in [1.54, 1.807) is 0 Å². The van der Waals surface area contributed by atoms with Crippen molar-refractivity contribution in [1.82, 2.24) is 15.2 Å². The maximum atomic E-state index is 13.5. The molecule has 0 atom stereocenters. The third kappa shape index (κ3) is 4.04. The molecular weight excluding hydrogens is 452 g/mol. The van der Waals surface area contributed by atoms with Crippen molar-refractivity contribution in [3.05, 3.63) is 77.7 Å². The van der Waals surface area contributed by atoms with Crippen LogP contribution in [0.3, 0.4) is 0 Å². The minimum absolute atomic E-state index is 0.0579. The molecule has 4 aromatic rings. The Morgan fingerprint density at radius 1 is 1.00 bits per heavy atom. The van der Waals surface area contributed by atoms with E-state index in [0.29, 0.717) is 6.07 Å². The van der Waals surface area contributed by atoms with Gasteiger partial charge in [-0.1, -0.05) is 12.1 Å². The number of rotatable bonds is 4. The zero-order valence-electron chi connectivity index (χ0n) is 15.8. The highest BCUT2D eigenvalue weighted by molar-refractivity contribution is 7.91. The largest absolute Gasteiger partial charge is 0.416 e. The van der Waals surface area contributed by atoms with Gasteiger partial charge in [0.15, 0.2) is 5.65 Å². The van der Waals surface area contributed by atoms with Crippen molar-refractivity contribution in [1.29, 1.82) is 0 Å². The Kier molecular flexibility index (Phi) is 5.17. The Morgan fingerprint density at radius 3 is 2.47 bits per heavy atom. The van der Waals surface area contributed by atoms with Gasteiger partial charge in [-0.3, -0.25) is 9.89 Å². The maximum Gasteiger partial charge on any atom is 0.416 e. The number of H-pyrrole nitrogens is 1. The first-order valence-corrected chi connectivity index (χ1v) is 10.4. The Labute approximate surface area is 178 Å². The molecule has 2 aromatic carbocycles. The van der Waals surface area contributed by atoms with Crippen LogP contribution < -0.4 is 5.32 Å². The zero-order valence-corrected chi connectivity index (χ0v) is 16.6.